The highest BCUT2D eigenvalue weighted by Gasteiger charge is 2.62. The molecule has 2 aliphatic carbocycles. The molecule has 22 heavy (non-hydrogen) atoms. The Hall–Kier alpha value is -0.610. The van der Waals surface area contributed by atoms with Crippen LogP contribution in [0.15, 0.2) is 24.3 Å². The highest BCUT2D eigenvalue weighted by Crippen LogP contribution is 2.61. The Morgan fingerprint density at radius 2 is 2.00 bits per heavy atom. The molecule has 1 fully saturated rings. The first kappa shape index (κ1) is 17.7. The summed E-state index contributed by atoms with van der Waals surface area (Å²) in [5.74, 6) is -0.468. The maximum absolute atomic E-state index is 12.3. The maximum Gasteiger partial charge on any atom is 0.302 e. The van der Waals surface area contributed by atoms with Crippen molar-refractivity contribution in [3.63, 3.8) is 0 Å². The predicted octanol–water partition coefficient (Wildman–Crippen LogP) is 4.18. The molecule has 0 amide bonds. The third-order valence-corrected chi connectivity index (χ3v) is 7.25. The SMILES string of the molecule is C=C1C(=O)C=CC(C)(C)C12CC(Br)C(C)(Cl)CC2OC(C)=O. The molecule has 0 radical (unpaired) electrons. The molecule has 0 saturated heterocycles. The molecule has 2 aliphatic rings. The molecular weight excluding hydrogens is 368 g/mol. The number of rotatable bonds is 1. The van der Waals surface area contributed by atoms with E-state index in [2.05, 4.69) is 22.5 Å². The number of carbonyl (C=O) groups is 2. The second-order valence-electron chi connectivity index (χ2n) is 7.12. The van der Waals surface area contributed by atoms with Crippen LogP contribution in [0.1, 0.15) is 40.5 Å². The fourth-order valence-corrected chi connectivity index (χ4v) is 4.69. The molecule has 0 aromatic heterocycles. The average molecular weight is 390 g/mol. The predicted molar refractivity (Wildman–Crippen MR) is 91.3 cm³/mol. The van der Waals surface area contributed by atoms with Gasteiger partial charge < -0.3 is 4.74 Å². The number of ketones is 1. The summed E-state index contributed by atoms with van der Waals surface area (Å²) < 4.78 is 5.63. The van der Waals surface area contributed by atoms with Crippen LogP contribution in [-0.2, 0) is 14.3 Å². The first-order chi connectivity index (χ1) is 9.94. The normalized spacial score (nSPS) is 40.8. The zero-order valence-corrected chi connectivity index (χ0v) is 15.8. The smallest absolute Gasteiger partial charge is 0.302 e. The Kier molecular flexibility index (Phi) is 4.42. The topological polar surface area (TPSA) is 43.4 Å². The fraction of sp³-hybridized carbons (Fsp3) is 0.647. The molecule has 0 N–H and O–H groups in total. The summed E-state index contributed by atoms with van der Waals surface area (Å²) in [6.45, 7) is 11.5. The van der Waals surface area contributed by atoms with E-state index in [0.717, 1.165) is 0 Å². The van der Waals surface area contributed by atoms with Crippen molar-refractivity contribution in [2.24, 2.45) is 10.8 Å². The Morgan fingerprint density at radius 3 is 2.55 bits per heavy atom. The Balaban J connectivity index is 2.60. The second-order valence-corrected chi connectivity index (χ2v) is 9.09. The van der Waals surface area contributed by atoms with Gasteiger partial charge in [-0.15, -0.1) is 11.6 Å². The minimum absolute atomic E-state index is 0.0104. The summed E-state index contributed by atoms with van der Waals surface area (Å²) in [7, 11) is 0. The lowest BCUT2D eigenvalue weighted by Gasteiger charge is -2.57. The first-order valence-electron chi connectivity index (χ1n) is 7.37. The van der Waals surface area contributed by atoms with E-state index in [4.69, 9.17) is 16.3 Å². The zero-order valence-electron chi connectivity index (χ0n) is 13.4. The van der Waals surface area contributed by atoms with Gasteiger partial charge in [-0.25, -0.2) is 0 Å². The molecule has 4 unspecified atom stereocenters. The minimum atomic E-state index is -0.646. The Bertz CT molecular complexity index is 564. The average Bonchev–Trinajstić information content (AvgIpc) is 2.36. The van der Waals surface area contributed by atoms with Gasteiger partial charge in [-0.1, -0.05) is 42.4 Å². The van der Waals surface area contributed by atoms with Crippen LogP contribution in [-0.4, -0.2) is 27.6 Å². The van der Waals surface area contributed by atoms with E-state index in [1.807, 2.05) is 26.8 Å². The van der Waals surface area contributed by atoms with Crippen molar-refractivity contribution < 1.29 is 14.3 Å². The third-order valence-electron chi connectivity index (χ3n) is 5.23. The van der Waals surface area contributed by atoms with Gasteiger partial charge in [0.2, 0.25) is 0 Å². The van der Waals surface area contributed by atoms with Crippen LogP contribution >= 0.6 is 27.5 Å². The van der Waals surface area contributed by atoms with Gasteiger partial charge in [0.05, 0.1) is 4.87 Å². The van der Waals surface area contributed by atoms with E-state index in [-0.39, 0.29) is 22.0 Å². The van der Waals surface area contributed by atoms with Gasteiger partial charge in [0.25, 0.3) is 0 Å². The molecule has 0 heterocycles. The monoisotopic (exact) mass is 388 g/mol. The molecule has 3 nitrogen and oxygen atoms in total. The van der Waals surface area contributed by atoms with Crippen LogP contribution in [0.25, 0.3) is 0 Å². The lowest BCUT2D eigenvalue weighted by Crippen LogP contribution is -2.60. The highest BCUT2D eigenvalue weighted by atomic mass is 79.9. The van der Waals surface area contributed by atoms with Crippen LogP contribution in [0, 0.1) is 10.8 Å². The number of carbonyl (C=O) groups excluding carboxylic acids is 2. The third kappa shape index (κ3) is 2.58. The summed E-state index contributed by atoms with van der Waals surface area (Å²) >= 11 is 10.3. The molecule has 0 aliphatic heterocycles. The highest BCUT2D eigenvalue weighted by molar-refractivity contribution is 9.09. The molecule has 0 bridgehead atoms. The van der Waals surface area contributed by atoms with Gasteiger partial charge in [-0.3, -0.25) is 9.59 Å². The number of alkyl halides is 2. The second kappa shape index (κ2) is 5.48. The summed E-state index contributed by atoms with van der Waals surface area (Å²) in [6, 6.07) is 0. The standard InChI is InChI=1S/C17H22BrClO3/c1-10-12(21)6-7-15(3,4)17(10)8-13(18)16(5,19)9-14(17)22-11(2)20/h6-7,13-14H,1,8-9H2,2-5H3. The van der Waals surface area contributed by atoms with Gasteiger partial charge >= 0.3 is 5.97 Å². The van der Waals surface area contributed by atoms with E-state index in [0.29, 0.717) is 18.4 Å². The van der Waals surface area contributed by atoms with Gasteiger partial charge in [0, 0.05) is 29.2 Å². The quantitative estimate of drug-likeness (QED) is 0.384. The summed E-state index contributed by atoms with van der Waals surface area (Å²) in [5, 5.41) is 0. The molecule has 122 valence electrons. The van der Waals surface area contributed by atoms with E-state index in [1.54, 1.807) is 6.08 Å². The Labute approximate surface area is 145 Å². The number of halogens is 2. The molecular formula is C17H22BrClO3. The molecule has 0 aromatic carbocycles. The van der Waals surface area contributed by atoms with Crippen molar-refractivity contribution in [1.82, 2.24) is 0 Å². The van der Waals surface area contributed by atoms with E-state index in [9.17, 15) is 9.59 Å². The minimum Gasteiger partial charge on any atom is -0.462 e. The number of hydrogen-bond acceptors (Lipinski definition) is 3. The molecule has 0 aromatic rings. The first-order valence-corrected chi connectivity index (χ1v) is 8.66. The van der Waals surface area contributed by atoms with Crippen molar-refractivity contribution >= 4 is 39.3 Å². The Morgan fingerprint density at radius 1 is 1.41 bits per heavy atom. The summed E-state index contributed by atoms with van der Waals surface area (Å²) in [6.07, 6.45) is 4.05. The van der Waals surface area contributed by atoms with Gasteiger partial charge in [-0.05, 0) is 24.8 Å². The summed E-state index contributed by atoms with van der Waals surface area (Å²) in [5.41, 5.74) is -0.507. The van der Waals surface area contributed by atoms with E-state index in [1.165, 1.54) is 6.92 Å². The number of allylic oxidation sites excluding steroid dienone is 2. The number of hydrogen-bond donors (Lipinski definition) is 0. The van der Waals surface area contributed by atoms with Crippen LogP contribution in [0.5, 0.6) is 0 Å². The lowest BCUT2D eigenvalue weighted by molar-refractivity contribution is -0.162. The lowest BCUT2D eigenvalue weighted by atomic mass is 9.50. The summed E-state index contributed by atoms with van der Waals surface area (Å²) in [4.78, 5) is 23.3. The number of esters is 1. The van der Waals surface area contributed by atoms with Crippen LogP contribution in [0.4, 0.5) is 0 Å². The molecule has 2 rings (SSSR count). The van der Waals surface area contributed by atoms with Crippen LogP contribution in [0.3, 0.4) is 0 Å². The van der Waals surface area contributed by atoms with Crippen molar-refractivity contribution in [2.45, 2.75) is 56.3 Å². The largest absolute Gasteiger partial charge is 0.462 e. The maximum atomic E-state index is 12.3. The number of ether oxygens (including phenoxy) is 1. The fourth-order valence-electron chi connectivity index (χ4n) is 3.77. The van der Waals surface area contributed by atoms with Crippen LogP contribution < -0.4 is 0 Å². The molecule has 1 spiro atoms. The van der Waals surface area contributed by atoms with Crippen LogP contribution in [0.2, 0.25) is 0 Å². The van der Waals surface area contributed by atoms with Gasteiger partial charge in [0.15, 0.2) is 5.78 Å². The van der Waals surface area contributed by atoms with Gasteiger partial charge in [-0.2, -0.15) is 0 Å². The molecule has 4 atom stereocenters. The zero-order chi connectivity index (χ0) is 16.9. The van der Waals surface area contributed by atoms with Gasteiger partial charge in [0.1, 0.15) is 6.10 Å². The van der Waals surface area contributed by atoms with Crippen molar-refractivity contribution in [2.75, 3.05) is 0 Å². The molecule has 1 saturated carbocycles. The van der Waals surface area contributed by atoms with E-state index < -0.39 is 16.4 Å². The van der Waals surface area contributed by atoms with E-state index >= 15 is 0 Å². The van der Waals surface area contributed by atoms with Crippen molar-refractivity contribution in [1.29, 1.82) is 0 Å². The van der Waals surface area contributed by atoms with Crippen molar-refractivity contribution in [3.8, 4) is 0 Å². The van der Waals surface area contributed by atoms with Crippen molar-refractivity contribution in [3.05, 3.63) is 24.3 Å². The molecule has 5 heteroatoms.